The minimum atomic E-state index is -0.582. The van der Waals surface area contributed by atoms with Crippen molar-refractivity contribution in [2.75, 3.05) is 14.2 Å². The number of hydrogen-bond donors (Lipinski definition) is 0. The molecule has 0 radical (unpaired) electrons. The lowest BCUT2D eigenvalue weighted by Crippen LogP contribution is -2.37. The summed E-state index contributed by atoms with van der Waals surface area (Å²) < 4.78 is 10.1. The number of aryl methyl sites for hydroxylation is 3. The smallest absolute Gasteiger partial charge is 0.212 e. The number of Topliss-reactive ketones (excluding diaryl/α,β-unsaturated/α-hetero) is 3. The highest BCUT2D eigenvalue weighted by molar-refractivity contribution is 6.30. The average Bonchev–Trinajstić information content (AvgIpc) is 3.17. The van der Waals surface area contributed by atoms with Gasteiger partial charge in [0.2, 0.25) is 11.8 Å². The summed E-state index contributed by atoms with van der Waals surface area (Å²) in [6, 6.07) is 17.6. The predicted octanol–water partition coefficient (Wildman–Crippen LogP) is 8.53. The lowest BCUT2D eigenvalue weighted by molar-refractivity contribution is 0.0872. The van der Waals surface area contributed by atoms with Crippen molar-refractivity contribution in [3.8, 4) is 11.8 Å². The molecule has 0 saturated carbocycles. The topological polar surface area (TPSA) is 134 Å². The third-order valence-corrected chi connectivity index (χ3v) is 10.4. The number of rotatable bonds is 4. The zero-order valence-electron chi connectivity index (χ0n) is 29.4. The Morgan fingerprint density at radius 1 is 0.642 bits per heavy atom. The molecule has 272 valence electrons. The van der Waals surface area contributed by atoms with Crippen LogP contribution in [0.15, 0.2) is 73.1 Å². The lowest BCUT2D eigenvalue weighted by Gasteiger charge is -2.33. The molecule has 13 heteroatoms. The van der Waals surface area contributed by atoms with Crippen LogP contribution in [0.4, 0.5) is 0 Å². The summed E-state index contributed by atoms with van der Waals surface area (Å²) in [4.78, 5) is 57.7. The summed E-state index contributed by atoms with van der Waals surface area (Å²) in [5.41, 5.74) is 5.74. The molecule has 2 atom stereocenters. The molecule has 0 aromatic carbocycles. The number of carbonyl (C=O) groups is 3. The number of nitrogens with zero attached hydrogens (tertiary/aromatic N) is 5. The van der Waals surface area contributed by atoms with Crippen molar-refractivity contribution in [1.29, 1.82) is 0 Å². The molecule has 0 spiro atoms. The van der Waals surface area contributed by atoms with Crippen LogP contribution in [0.5, 0.6) is 11.8 Å². The van der Waals surface area contributed by atoms with Gasteiger partial charge in [0, 0.05) is 53.6 Å². The second-order valence-electron chi connectivity index (χ2n) is 13.0. The Labute approximate surface area is 322 Å². The lowest BCUT2D eigenvalue weighted by atomic mass is 9.69. The van der Waals surface area contributed by atoms with Crippen molar-refractivity contribution in [3.63, 3.8) is 0 Å². The van der Waals surface area contributed by atoms with Crippen LogP contribution in [0, 0.1) is 0 Å². The van der Waals surface area contributed by atoms with Crippen molar-refractivity contribution in [2.24, 2.45) is 0 Å². The van der Waals surface area contributed by atoms with Crippen molar-refractivity contribution < 1.29 is 23.9 Å². The van der Waals surface area contributed by atoms with E-state index in [1.54, 1.807) is 75.1 Å². The first-order chi connectivity index (χ1) is 25.5. The largest absolute Gasteiger partial charge is 0.481 e. The van der Waals surface area contributed by atoms with E-state index in [1.807, 2.05) is 19.1 Å². The molecule has 0 N–H and O–H groups in total. The molecule has 8 rings (SSSR count). The Hall–Kier alpha value is -4.77. The molecule has 0 bridgehead atoms. The Balaban J connectivity index is 0.000000141. The van der Waals surface area contributed by atoms with E-state index < -0.39 is 5.41 Å². The fraction of sp³-hybridized carbons (Fsp3) is 0.300. The third kappa shape index (κ3) is 8.40. The van der Waals surface area contributed by atoms with Crippen LogP contribution in [-0.2, 0) is 24.7 Å². The van der Waals surface area contributed by atoms with Gasteiger partial charge in [-0.15, -0.1) is 0 Å². The highest BCUT2D eigenvalue weighted by Crippen LogP contribution is 2.38. The van der Waals surface area contributed by atoms with Gasteiger partial charge in [0.05, 0.1) is 36.7 Å². The van der Waals surface area contributed by atoms with Crippen LogP contribution in [-0.4, -0.2) is 56.5 Å². The molecule has 0 fully saturated rings. The van der Waals surface area contributed by atoms with Gasteiger partial charge in [-0.3, -0.25) is 14.4 Å². The second kappa shape index (κ2) is 16.5. The number of aromatic nitrogens is 5. The van der Waals surface area contributed by atoms with Crippen molar-refractivity contribution >= 4 is 52.2 Å². The molecule has 3 aliphatic rings. The van der Waals surface area contributed by atoms with Crippen molar-refractivity contribution in [2.45, 2.75) is 63.2 Å². The average molecular weight is 773 g/mol. The fourth-order valence-electron chi connectivity index (χ4n) is 6.75. The van der Waals surface area contributed by atoms with Crippen LogP contribution in [0.1, 0.15) is 97.8 Å². The second-order valence-corrected chi connectivity index (χ2v) is 14.2. The molecule has 10 nitrogen and oxygen atoms in total. The molecule has 3 aliphatic carbocycles. The maximum absolute atomic E-state index is 12.9. The number of hydrogen-bond acceptors (Lipinski definition) is 10. The van der Waals surface area contributed by atoms with Crippen molar-refractivity contribution in [3.05, 3.63) is 133 Å². The maximum Gasteiger partial charge on any atom is 0.212 e. The van der Waals surface area contributed by atoms with E-state index in [0.29, 0.717) is 51.2 Å². The molecular formula is C40H36Cl3N5O5. The minimum absolute atomic E-state index is 0.0693. The van der Waals surface area contributed by atoms with E-state index in [-0.39, 0.29) is 23.3 Å². The van der Waals surface area contributed by atoms with Gasteiger partial charge in [-0.1, -0.05) is 46.9 Å². The zero-order valence-corrected chi connectivity index (χ0v) is 31.6. The molecule has 53 heavy (non-hydrogen) atoms. The van der Waals surface area contributed by atoms with E-state index in [9.17, 15) is 14.4 Å². The Bertz CT molecular complexity index is 2160. The highest BCUT2D eigenvalue weighted by atomic mass is 35.5. The summed E-state index contributed by atoms with van der Waals surface area (Å²) in [5.74, 6) is 1.27. The Morgan fingerprint density at radius 2 is 1.21 bits per heavy atom. The third-order valence-electron chi connectivity index (χ3n) is 9.75. The fourth-order valence-corrected chi connectivity index (χ4v) is 7.25. The maximum atomic E-state index is 12.9. The molecule has 2 unspecified atom stereocenters. The summed E-state index contributed by atoms with van der Waals surface area (Å²) in [7, 11) is 3.14. The number of ether oxygens (including phenoxy) is 2. The van der Waals surface area contributed by atoms with Crippen LogP contribution in [0.25, 0.3) is 0 Å². The molecule has 5 heterocycles. The summed E-state index contributed by atoms with van der Waals surface area (Å²) in [6.45, 7) is 1.95. The summed E-state index contributed by atoms with van der Waals surface area (Å²) in [6.07, 6.45) is 8.74. The Kier molecular flexibility index (Phi) is 11.8. The van der Waals surface area contributed by atoms with Gasteiger partial charge in [0.25, 0.3) is 0 Å². The number of fused-ring (bicyclic) bond motifs is 3. The van der Waals surface area contributed by atoms with E-state index >= 15 is 0 Å². The van der Waals surface area contributed by atoms with Gasteiger partial charge in [0.1, 0.15) is 15.5 Å². The molecular weight excluding hydrogens is 737 g/mol. The Morgan fingerprint density at radius 3 is 1.79 bits per heavy atom. The normalized spacial score (nSPS) is 18.6. The van der Waals surface area contributed by atoms with Gasteiger partial charge in [0.15, 0.2) is 17.3 Å². The molecule has 5 aromatic rings. The zero-order chi connectivity index (χ0) is 37.7. The number of carbonyl (C=O) groups excluding carboxylic acids is 3. The summed E-state index contributed by atoms with van der Waals surface area (Å²) >= 11 is 17.5. The first kappa shape index (κ1) is 38.0. The number of methoxy groups -OCH3 is 2. The first-order valence-electron chi connectivity index (χ1n) is 17.1. The van der Waals surface area contributed by atoms with Gasteiger partial charge in [-0.05, 0) is 93.0 Å². The molecule has 0 aliphatic heterocycles. The number of ketones is 3. The van der Waals surface area contributed by atoms with E-state index in [0.717, 1.165) is 65.9 Å². The molecule has 0 amide bonds. The molecule has 5 aromatic heterocycles. The highest BCUT2D eigenvalue weighted by Gasteiger charge is 2.40. The van der Waals surface area contributed by atoms with Crippen LogP contribution < -0.4 is 9.47 Å². The van der Waals surface area contributed by atoms with E-state index in [4.69, 9.17) is 44.3 Å². The predicted molar refractivity (Wildman–Crippen MR) is 202 cm³/mol. The van der Waals surface area contributed by atoms with Crippen LogP contribution in [0.2, 0.25) is 15.5 Å². The van der Waals surface area contributed by atoms with Crippen LogP contribution in [0.3, 0.4) is 0 Å². The molecule has 0 saturated heterocycles. The van der Waals surface area contributed by atoms with Gasteiger partial charge < -0.3 is 9.47 Å². The number of halogens is 3. The van der Waals surface area contributed by atoms with Crippen molar-refractivity contribution in [1.82, 2.24) is 24.9 Å². The quantitative estimate of drug-likeness (QED) is 0.164. The standard InChI is InChI=1S/C16H15ClN2O2.C15H13ClN2O2.C9H8ClNO/c1-16(10-3-6-14(21-2)18-9-10)8-7-12-11(15(16)20)4-5-13(17)19-12;1-20-14-7-2-9(8-17-14)10-3-5-12-11(15(10)19)4-6-13(16)18-12;10-9-5-4-6-7(11-9)2-1-3-8(6)12/h3-6,9H,7-8H2,1-2H3;2,4,6-8,10H,3,5H2,1H3;4-5H,1-3H2. The monoisotopic (exact) mass is 771 g/mol. The number of pyridine rings is 5. The van der Waals surface area contributed by atoms with Gasteiger partial charge >= 0.3 is 0 Å². The van der Waals surface area contributed by atoms with Gasteiger partial charge in [-0.2, -0.15) is 0 Å². The SMILES string of the molecule is COc1ccc(C2(C)CCc3nc(Cl)ccc3C2=O)cn1.COc1ccc(C2CCc3nc(Cl)ccc3C2=O)cn1.O=C1CCCc2nc(Cl)ccc21. The summed E-state index contributed by atoms with van der Waals surface area (Å²) in [5, 5.41) is 1.33. The van der Waals surface area contributed by atoms with E-state index in [1.165, 1.54) is 0 Å². The van der Waals surface area contributed by atoms with Gasteiger partial charge in [-0.25, -0.2) is 24.9 Å². The van der Waals surface area contributed by atoms with E-state index in [2.05, 4.69) is 24.9 Å². The first-order valence-corrected chi connectivity index (χ1v) is 18.2. The van der Waals surface area contributed by atoms with Crippen LogP contribution >= 0.6 is 34.8 Å². The minimum Gasteiger partial charge on any atom is -0.481 e.